The highest BCUT2D eigenvalue weighted by atomic mass is 16.8. The minimum absolute atomic E-state index is 0.322. The summed E-state index contributed by atoms with van der Waals surface area (Å²) in [5.41, 5.74) is 0.448. The summed E-state index contributed by atoms with van der Waals surface area (Å²) in [6.45, 7) is -2.59. The molecule has 39 heavy (non-hydrogen) atoms. The van der Waals surface area contributed by atoms with Crippen LogP contribution in [0.5, 0.6) is 17.2 Å². The summed E-state index contributed by atoms with van der Waals surface area (Å²) < 4.78 is 37.5. The zero-order valence-corrected chi connectivity index (χ0v) is 21.4. The zero-order valence-electron chi connectivity index (χ0n) is 21.4. The maximum atomic E-state index is 12.7. The molecule has 0 radical (unpaired) electrons. The fraction of sp³-hybridized carbons (Fsp3) is 0.625. The fourth-order valence-electron chi connectivity index (χ4n) is 4.30. The van der Waals surface area contributed by atoms with Crippen LogP contribution < -0.4 is 14.2 Å². The molecule has 2 fully saturated rings. The number of rotatable bonds is 11. The molecule has 7 N–H and O–H groups in total. The van der Waals surface area contributed by atoms with Gasteiger partial charge in [-0.05, 0) is 23.8 Å². The molecule has 0 aromatic heterocycles. The Kier molecular flexibility index (Phi) is 10.5. The second-order valence-corrected chi connectivity index (χ2v) is 8.76. The van der Waals surface area contributed by atoms with E-state index >= 15 is 0 Å². The second-order valence-electron chi connectivity index (χ2n) is 8.76. The van der Waals surface area contributed by atoms with Crippen LogP contribution in [0.4, 0.5) is 0 Å². The van der Waals surface area contributed by atoms with Gasteiger partial charge in [0.25, 0.3) is 0 Å². The molecule has 1 aromatic rings. The number of hydrogen-bond donors (Lipinski definition) is 7. The van der Waals surface area contributed by atoms with E-state index in [1.54, 1.807) is 12.1 Å². The van der Waals surface area contributed by atoms with Crippen LogP contribution in [-0.4, -0.2) is 138 Å². The van der Waals surface area contributed by atoms with Gasteiger partial charge in [-0.25, -0.2) is 4.79 Å². The number of aliphatic hydroxyl groups is 7. The molecule has 2 heterocycles. The topological polar surface area (TPSA) is 223 Å². The van der Waals surface area contributed by atoms with Gasteiger partial charge >= 0.3 is 5.97 Å². The molecule has 9 unspecified atom stereocenters. The molecule has 1 aromatic carbocycles. The van der Waals surface area contributed by atoms with Gasteiger partial charge in [0, 0.05) is 6.08 Å². The standard InChI is InChI=1S/C24H34O15/c1-33-12-6-11(7-13(34-2)21(12)35-3)4-5-16(28)37-22-18(30)15(9-26)38-24(22,10-27)39-23-20(32)19(31)17(29)14(8-25)36-23/h4-7,14-15,17-20,22-23,25-27,29-32H,8-10H2,1-3H3. The average Bonchev–Trinajstić information content (AvgIpc) is 3.21. The first-order valence-electron chi connectivity index (χ1n) is 11.8. The van der Waals surface area contributed by atoms with Gasteiger partial charge in [0.2, 0.25) is 11.5 Å². The quantitative estimate of drug-likeness (QED) is 0.105. The van der Waals surface area contributed by atoms with Crippen molar-refractivity contribution in [2.45, 2.75) is 54.8 Å². The molecule has 0 aliphatic carbocycles. The van der Waals surface area contributed by atoms with Crippen molar-refractivity contribution in [1.29, 1.82) is 0 Å². The van der Waals surface area contributed by atoms with Gasteiger partial charge in [0.05, 0.1) is 34.5 Å². The van der Waals surface area contributed by atoms with Crippen LogP contribution in [0.3, 0.4) is 0 Å². The lowest BCUT2D eigenvalue weighted by atomic mass is 9.99. The Labute approximate surface area is 223 Å². The number of carbonyl (C=O) groups is 1. The number of esters is 1. The first-order chi connectivity index (χ1) is 18.6. The SMILES string of the molecule is COc1cc(C=CC(=O)OC2C(O)C(CO)OC2(CO)OC2OC(CO)C(O)C(O)C2O)cc(OC)c1OC. The summed E-state index contributed by atoms with van der Waals surface area (Å²) in [5, 5.41) is 70.3. The van der Waals surface area contributed by atoms with E-state index < -0.39 is 80.6 Å². The summed E-state index contributed by atoms with van der Waals surface area (Å²) in [6, 6.07) is 3.11. The van der Waals surface area contributed by atoms with Crippen molar-refractivity contribution in [1.82, 2.24) is 0 Å². The van der Waals surface area contributed by atoms with Gasteiger partial charge in [-0.2, -0.15) is 0 Å². The van der Waals surface area contributed by atoms with E-state index in [0.29, 0.717) is 22.8 Å². The molecule has 0 saturated carbocycles. The lowest BCUT2D eigenvalue weighted by molar-refractivity contribution is -0.383. The summed E-state index contributed by atoms with van der Waals surface area (Å²) in [4.78, 5) is 12.7. The molecule has 220 valence electrons. The first-order valence-corrected chi connectivity index (χ1v) is 11.8. The van der Waals surface area contributed by atoms with Crippen LogP contribution in [0.15, 0.2) is 18.2 Å². The number of benzene rings is 1. The lowest BCUT2D eigenvalue weighted by Crippen LogP contribution is -2.63. The largest absolute Gasteiger partial charge is 0.493 e. The van der Waals surface area contributed by atoms with Crippen molar-refractivity contribution in [3.05, 3.63) is 23.8 Å². The van der Waals surface area contributed by atoms with Crippen molar-refractivity contribution < 1.29 is 73.7 Å². The van der Waals surface area contributed by atoms with Crippen LogP contribution in [0.1, 0.15) is 5.56 Å². The van der Waals surface area contributed by atoms with Crippen LogP contribution in [0.2, 0.25) is 0 Å². The minimum atomic E-state index is -2.38. The van der Waals surface area contributed by atoms with Crippen molar-refractivity contribution in [2.24, 2.45) is 0 Å². The smallest absolute Gasteiger partial charge is 0.331 e. The predicted molar refractivity (Wildman–Crippen MR) is 128 cm³/mol. The summed E-state index contributed by atoms with van der Waals surface area (Å²) in [7, 11) is 4.27. The molecule has 15 nitrogen and oxygen atoms in total. The van der Waals surface area contributed by atoms with E-state index in [2.05, 4.69) is 0 Å². The molecule has 0 bridgehead atoms. The van der Waals surface area contributed by atoms with Crippen molar-refractivity contribution in [3.8, 4) is 17.2 Å². The van der Waals surface area contributed by atoms with Gasteiger partial charge in [-0.1, -0.05) is 0 Å². The second kappa shape index (κ2) is 13.2. The third-order valence-corrected chi connectivity index (χ3v) is 6.38. The van der Waals surface area contributed by atoms with Gasteiger partial charge in [-0.15, -0.1) is 0 Å². The molecule has 0 spiro atoms. The van der Waals surface area contributed by atoms with Gasteiger partial charge in [0.1, 0.15) is 43.2 Å². The Balaban J connectivity index is 1.84. The molecule has 15 heteroatoms. The molecule has 2 aliphatic rings. The Morgan fingerprint density at radius 3 is 2.03 bits per heavy atom. The predicted octanol–water partition coefficient (Wildman–Crippen LogP) is -3.11. The highest BCUT2D eigenvalue weighted by molar-refractivity contribution is 5.87. The number of methoxy groups -OCH3 is 3. The average molecular weight is 563 g/mol. The molecule has 9 atom stereocenters. The third kappa shape index (κ3) is 6.28. The first kappa shape index (κ1) is 31.0. The van der Waals surface area contributed by atoms with Crippen LogP contribution in [0.25, 0.3) is 6.08 Å². The van der Waals surface area contributed by atoms with Gasteiger partial charge in [-0.3, -0.25) is 0 Å². The van der Waals surface area contributed by atoms with Crippen LogP contribution >= 0.6 is 0 Å². The van der Waals surface area contributed by atoms with Gasteiger partial charge in [0.15, 0.2) is 23.9 Å². The van der Waals surface area contributed by atoms with Crippen molar-refractivity contribution in [2.75, 3.05) is 41.2 Å². The zero-order chi connectivity index (χ0) is 28.9. The van der Waals surface area contributed by atoms with Crippen molar-refractivity contribution in [3.63, 3.8) is 0 Å². The summed E-state index contributed by atoms with van der Waals surface area (Å²) in [6.07, 6.45) is -11.1. The van der Waals surface area contributed by atoms with Crippen LogP contribution in [0, 0.1) is 0 Å². The molecule has 3 rings (SSSR count). The monoisotopic (exact) mass is 562 g/mol. The minimum Gasteiger partial charge on any atom is -0.493 e. The molecule has 2 aliphatic heterocycles. The molecule has 0 amide bonds. The highest BCUT2D eigenvalue weighted by Gasteiger charge is 2.60. The number of ether oxygens (including phenoxy) is 7. The number of aliphatic hydroxyl groups excluding tert-OH is 7. The maximum absolute atomic E-state index is 12.7. The Morgan fingerprint density at radius 1 is 0.897 bits per heavy atom. The van der Waals surface area contributed by atoms with E-state index in [1.807, 2.05) is 0 Å². The maximum Gasteiger partial charge on any atom is 0.331 e. The fourth-order valence-corrected chi connectivity index (χ4v) is 4.30. The molecular weight excluding hydrogens is 528 g/mol. The number of carbonyl (C=O) groups excluding carboxylic acids is 1. The van der Waals surface area contributed by atoms with E-state index in [-0.39, 0.29) is 0 Å². The lowest BCUT2D eigenvalue weighted by Gasteiger charge is -2.43. The van der Waals surface area contributed by atoms with Gasteiger partial charge < -0.3 is 68.9 Å². The van der Waals surface area contributed by atoms with E-state index in [9.17, 15) is 40.5 Å². The third-order valence-electron chi connectivity index (χ3n) is 6.38. The van der Waals surface area contributed by atoms with Crippen LogP contribution in [-0.2, 0) is 23.7 Å². The van der Waals surface area contributed by atoms with E-state index in [0.717, 1.165) is 6.08 Å². The summed E-state index contributed by atoms with van der Waals surface area (Å²) in [5.74, 6) is -2.43. The highest BCUT2D eigenvalue weighted by Crippen LogP contribution is 2.39. The molecular formula is C24H34O15. The Hall–Kier alpha value is -2.57. The Bertz CT molecular complexity index is 975. The molecule has 2 saturated heterocycles. The summed E-state index contributed by atoms with van der Waals surface area (Å²) >= 11 is 0. The Morgan fingerprint density at radius 2 is 1.51 bits per heavy atom. The number of hydrogen-bond acceptors (Lipinski definition) is 15. The van der Waals surface area contributed by atoms with E-state index in [1.165, 1.54) is 27.4 Å². The normalized spacial score (nSPS) is 34.7. The van der Waals surface area contributed by atoms with Crippen molar-refractivity contribution >= 4 is 12.0 Å². The van der Waals surface area contributed by atoms with E-state index in [4.69, 9.17) is 33.2 Å².